The van der Waals surface area contributed by atoms with Crippen LogP contribution in [0.1, 0.15) is 21.7 Å². The second kappa shape index (κ2) is 4.52. The first-order valence-corrected chi connectivity index (χ1v) is 5.59. The van der Waals surface area contributed by atoms with Crippen molar-refractivity contribution in [3.8, 4) is 5.75 Å². The molecule has 0 aliphatic carbocycles. The van der Waals surface area contributed by atoms with Gasteiger partial charge < -0.3 is 10.4 Å². The number of nitrogens with zero attached hydrogens (tertiary/aromatic N) is 2. The zero-order chi connectivity index (χ0) is 13.3. The number of hydrogen-bond donors (Lipinski definition) is 2. The lowest BCUT2D eigenvalue weighted by molar-refractivity contribution is 0.102. The number of anilines is 1. The molecule has 2 rings (SSSR count). The van der Waals surface area contributed by atoms with Gasteiger partial charge in [-0.2, -0.15) is 5.10 Å². The van der Waals surface area contributed by atoms with Gasteiger partial charge in [-0.1, -0.05) is 6.07 Å². The third-order valence-corrected chi connectivity index (χ3v) is 2.90. The van der Waals surface area contributed by atoms with Crippen LogP contribution in [0.2, 0.25) is 0 Å². The molecule has 1 heterocycles. The smallest absolute Gasteiger partial charge is 0.276 e. The van der Waals surface area contributed by atoms with Crippen LogP contribution in [0.25, 0.3) is 0 Å². The topological polar surface area (TPSA) is 67.2 Å². The highest BCUT2D eigenvalue weighted by atomic mass is 16.3. The molecule has 0 aliphatic heterocycles. The number of benzene rings is 1. The van der Waals surface area contributed by atoms with Crippen molar-refractivity contribution in [2.24, 2.45) is 7.05 Å². The monoisotopic (exact) mass is 245 g/mol. The summed E-state index contributed by atoms with van der Waals surface area (Å²) in [6.45, 7) is 3.62. The van der Waals surface area contributed by atoms with Crippen molar-refractivity contribution in [3.05, 3.63) is 41.2 Å². The highest BCUT2D eigenvalue weighted by Gasteiger charge is 2.12. The second-order valence-electron chi connectivity index (χ2n) is 4.20. The molecule has 0 unspecified atom stereocenters. The highest BCUT2D eigenvalue weighted by Crippen LogP contribution is 2.24. The summed E-state index contributed by atoms with van der Waals surface area (Å²) < 4.78 is 1.64. The van der Waals surface area contributed by atoms with Gasteiger partial charge in [0.25, 0.3) is 5.91 Å². The number of aromatic nitrogens is 2. The summed E-state index contributed by atoms with van der Waals surface area (Å²) in [4.78, 5) is 12.0. The molecule has 0 spiro atoms. The standard InChI is InChI=1S/C13H15N3O2/c1-8-7-11(15-16(8)3)13(18)14-10-5-4-6-12(17)9(10)2/h4-7,17H,1-3H3,(H,14,18). The first kappa shape index (κ1) is 12.2. The van der Waals surface area contributed by atoms with E-state index < -0.39 is 0 Å². The number of aromatic hydroxyl groups is 1. The van der Waals surface area contributed by atoms with E-state index in [4.69, 9.17) is 0 Å². The quantitative estimate of drug-likeness (QED) is 0.850. The Hall–Kier alpha value is -2.30. The summed E-state index contributed by atoms with van der Waals surface area (Å²) in [6.07, 6.45) is 0. The Morgan fingerprint density at radius 2 is 2.11 bits per heavy atom. The molecule has 18 heavy (non-hydrogen) atoms. The second-order valence-corrected chi connectivity index (χ2v) is 4.20. The fourth-order valence-electron chi connectivity index (χ4n) is 1.62. The number of phenols is 1. The fourth-order valence-corrected chi connectivity index (χ4v) is 1.62. The lowest BCUT2D eigenvalue weighted by Crippen LogP contribution is -2.13. The molecular formula is C13H15N3O2. The van der Waals surface area contributed by atoms with Crippen molar-refractivity contribution in [1.29, 1.82) is 0 Å². The predicted octanol–water partition coefficient (Wildman–Crippen LogP) is 1.99. The predicted molar refractivity (Wildman–Crippen MR) is 68.7 cm³/mol. The summed E-state index contributed by atoms with van der Waals surface area (Å²) in [5.74, 6) is -0.127. The van der Waals surface area contributed by atoms with E-state index >= 15 is 0 Å². The summed E-state index contributed by atoms with van der Waals surface area (Å²) in [5, 5.41) is 16.4. The van der Waals surface area contributed by atoms with E-state index in [2.05, 4.69) is 10.4 Å². The van der Waals surface area contributed by atoms with Crippen molar-refractivity contribution in [2.45, 2.75) is 13.8 Å². The Bertz CT molecular complexity index is 583. The van der Waals surface area contributed by atoms with E-state index in [1.165, 1.54) is 0 Å². The van der Waals surface area contributed by atoms with E-state index in [9.17, 15) is 9.90 Å². The van der Waals surface area contributed by atoms with E-state index in [1.807, 2.05) is 6.92 Å². The largest absolute Gasteiger partial charge is 0.508 e. The van der Waals surface area contributed by atoms with E-state index in [-0.39, 0.29) is 11.7 Å². The van der Waals surface area contributed by atoms with Gasteiger partial charge >= 0.3 is 0 Å². The molecule has 2 aromatic rings. The number of carbonyl (C=O) groups is 1. The maximum Gasteiger partial charge on any atom is 0.276 e. The summed E-state index contributed by atoms with van der Waals surface area (Å²) in [5.41, 5.74) is 2.49. The van der Waals surface area contributed by atoms with Crippen LogP contribution in [0.4, 0.5) is 5.69 Å². The summed E-state index contributed by atoms with van der Waals surface area (Å²) >= 11 is 0. The minimum atomic E-state index is -0.285. The number of aryl methyl sites for hydroxylation is 2. The number of nitrogens with one attached hydrogen (secondary N) is 1. The van der Waals surface area contributed by atoms with E-state index in [1.54, 1.807) is 42.9 Å². The first-order valence-electron chi connectivity index (χ1n) is 5.59. The first-order chi connectivity index (χ1) is 8.49. The molecule has 5 nitrogen and oxygen atoms in total. The van der Waals surface area contributed by atoms with Gasteiger partial charge in [0.1, 0.15) is 5.75 Å². The summed E-state index contributed by atoms with van der Waals surface area (Å²) in [7, 11) is 1.78. The van der Waals surface area contributed by atoms with Gasteiger partial charge in [0.05, 0.1) is 0 Å². The minimum absolute atomic E-state index is 0.157. The molecule has 0 atom stereocenters. The van der Waals surface area contributed by atoms with Crippen molar-refractivity contribution in [1.82, 2.24) is 9.78 Å². The molecule has 5 heteroatoms. The Morgan fingerprint density at radius 3 is 2.72 bits per heavy atom. The number of phenolic OH excluding ortho intramolecular Hbond substituents is 1. The van der Waals surface area contributed by atoms with Gasteiger partial charge in [-0.15, -0.1) is 0 Å². The van der Waals surface area contributed by atoms with Crippen molar-refractivity contribution >= 4 is 11.6 Å². The van der Waals surface area contributed by atoms with Gasteiger partial charge in [0.2, 0.25) is 0 Å². The van der Waals surface area contributed by atoms with Crippen LogP contribution in [0.3, 0.4) is 0 Å². The number of rotatable bonds is 2. The molecule has 1 amide bonds. The van der Waals surface area contributed by atoms with Crippen LogP contribution in [-0.2, 0) is 7.05 Å². The molecule has 1 aromatic heterocycles. The van der Waals surface area contributed by atoms with Gasteiger partial charge in [-0.05, 0) is 32.0 Å². The average Bonchev–Trinajstić information content (AvgIpc) is 2.66. The molecule has 0 bridgehead atoms. The Morgan fingerprint density at radius 1 is 1.39 bits per heavy atom. The zero-order valence-corrected chi connectivity index (χ0v) is 10.6. The number of amides is 1. The maximum absolute atomic E-state index is 12.0. The fraction of sp³-hybridized carbons (Fsp3) is 0.231. The van der Waals surface area contributed by atoms with Gasteiger partial charge in [-0.25, -0.2) is 0 Å². The summed E-state index contributed by atoms with van der Waals surface area (Å²) in [6, 6.07) is 6.72. The van der Waals surface area contributed by atoms with Crippen LogP contribution in [0, 0.1) is 13.8 Å². The molecule has 0 aliphatic rings. The van der Waals surface area contributed by atoms with Crippen LogP contribution in [-0.4, -0.2) is 20.8 Å². The van der Waals surface area contributed by atoms with Crippen LogP contribution < -0.4 is 5.32 Å². The Labute approximate surface area is 105 Å². The normalized spacial score (nSPS) is 10.4. The Balaban J connectivity index is 2.24. The average molecular weight is 245 g/mol. The lowest BCUT2D eigenvalue weighted by atomic mass is 10.2. The lowest BCUT2D eigenvalue weighted by Gasteiger charge is -2.07. The molecule has 0 saturated carbocycles. The molecular weight excluding hydrogens is 230 g/mol. The van der Waals surface area contributed by atoms with Crippen LogP contribution in [0.5, 0.6) is 5.75 Å². The number of carbonyl (C=O) groups excluding carboxylic acids is 1. The SMILES string of the molecule is Cc1c(O)cccc1NC(=O)c1cc(C)n(C)n1. The van der Waals surface area contributed by atoms with Crippen molar-refractivity contribution in [2.75, 3.05) is 5.32 Å². The third-order valence-electron chi connectivity index (χ3n) is 2.90. The minimum Gasteiger partial charge on any atom is -0.508 e. The molecule has 0 saturated heterocycles. The molecule has 0 fully saturated rings. The van der Waals surface area contributed by atoms with Crippen LogP contribution >= 0.6 is 0 Å². The maximum atomic E-state index is 12.0. The van der Waals surface area contributed by atoms with Gasteiger partial charge in [-0.3, -0.25) is 9.48 Å². The Kier molecular flexibility index (Phi) is 3.06. The van der Waals surface area contributed by atoms with E-state index in [0.717, 1.165) is 5.69 Å². The van der Waals surface area contributed by atoms with Gasteiger partial charge in [0.15, 0.2) is 5.69 Å². The van der Waals surface area contributed by atoms with Gasteiger partial charge in [0, 0.05) is 24.0 Å². The zero-order valence-electron chi connectivity index (χ0n) is 10.6. The molecule has 1 aromatic carbocycles. The molecule has 0 radical (unpaired) electrons. The van der Waals surface area contributed by atoms with Crippen molar-refractivity contribution in [3.63, 3.8) is 0 Å². The highest BCUT2D eigenvalue weighted by molar-refractivity contribution is 6.03. The van der Waals surface area contributed by atoms with E-state index in [0.29, 0.717) is 16.9 Å². The molecule has 94 valence electrons. The number of hydrogen-bond acceptors (Lipinski definition) is 3. The molecule has 2 N–H and O–H groups in total. The van der Waals surface area contributed by atoms with Crippen LogP contribution in [0.15, 0.2) is 24.3 Å². The third kappa shape index (κ3) is 2.20. The van der Waals surface area contributed by atoms with Crippen molar-refractivity contribution < 1.29 is 9.90 Å².